The molecule has 1 fully saturated rings. The monoisotopic (exact) mass is 238 g/mol. The maximum absolute atomic E-state index is 5.71. The molecule has 0 amide bonds. The third-order valence-electron chi connectivity index (χ3n) is 2.43. The van der Waals surface area contributed by atoms with Crippen LogP contribution in [0.1, 0.15) is 19.4 Å². The Morgan fingerprint density at radius 2 is 2.38 bits per heavy atom. The summed E-state index contributed by atoms with van der Waals surface area (Å²) < 4.78 is 5.56. The Kier molecular flexibility index (Phi) is 3.28. The minimum atomic E-state index is -0.229. The zero-order valence-corrected chi connectivity index (χ0v) is 10.2. The van der Waals surface area contributed by atoms with E-state index in [0.717, 1.165) is 5.56 Å². The summed E-state index contributed by atoms with van der Waals surface area (Å²) in [5.74, 6) is 0. The van der Waals surface area contributed by atoms with Gasteiger partial charge in [-0.25, -0.2) is 4.98 Å². The Balaban J connectivity index is 1.97. The predicted octanol–water partition coefficient (Wildman–Crippen LogP) is 2.47. The van der Waals surface area contributed by atoms with Gasteiger partial charge in [-0.15, -0.1) is 0 Å². The molecule has 2 rings (SSSR count). The Morgan fingerprint density at radius 1 is 1.56 bits per heavy atom. The molecule has 1 saturated heterocycles. The highest BCUT2D eigenvalue weighted by Gasteiger charge is 2.28. The molecular weight excluding hydrogens is 224 g/mol. The number of rotatable bonds is 2. The van der Waals surface area contributed by atoms with Crippen LogP contribution in [0.2, 0.25) is 5.15 Å². The molecule has 4 heteroatoms. The average Bonchev–Trinajstić information content (AvgIpc) is 2.58. The highest BCUT2D eigenvalue weighted by Crippen LogP contribution is 2.15. The van der Waals surface area contributed by atoms with E-state index < -0.39 is 0 Å². The number of nitrogens with zero attached hydrogens (tertiary/aromatic N) is 1. The third kappa shape index (κ3) is 3.04. The molecule has 16 heavy (non-hydrogen) atoms. The van der Waals surface area contributed by atoms with Crippen LogP contribution in [0.3, 0.4) is 0 Å². The van der Waals surface area contributed by atoms with Gasteiger partial charge in [-0.1, -0.05) is 29.8 Å². The number of halogens is 1. The van der Waals surface area contributed by atoms with Crippen LogP contribution in [0.15, 0.2) is 24.4 Å². The Bertz CT molecular complexity index is 387. The molecule has 1 aromatic heterocycles. The molecule has 1 aromatic rings. The molecule has 1 aliphatic rings. The first-order valence-electron chi connectivity index (χ1n) is 5.27. The highest BCUT2D eigenvalue weighted by atomic mass is 35.5. The van der Waals surface area contributed by atoms with Gasteiger partial charge in [0.15, 0.2) is 0 Å². The molecule has 0 radical (unpaired) electrons. The Morgan fingerprint density at radius 3 is 2.94 bits per heavy atom. The summed E-state index contributed by atoms with van der Waals surface area (Å²) in [6.07, 6.45) is 5.85. The lowest BCUT2D eigenvalue weighted by Crippen LogP contribution is -2.37. The van der Waals surface area contributed by atoms with Gasteiger partial charge in [-0.05, 0) is 25.5 Å². The molecule has 1 aliphatic heterocycles. The van der Waals surface area contributed by atoms with Crippen LogP contribution in [0, 0.1) is 0 Å². The van der Waals surface area contributed by atoms with E-state index in [1.54, 1.807) is 12.3 Å². The van der Waals surface area contributed by atoms with Crippen molar-refractivity contribution in [3.8, 4) is 0 Å². The summed E-state index contributed by atoms with van der Waals surface area (Å²) >= 11 is 5.71. The van der Waals surface area contributed by atoms with Crippen molar-refractivity contribution in [3.05, 3.63) is 35.1 Å². The fourth-order valence-corrected chi connectivity index (χ4v) is 1.76. The van der Waals surface area contributed by atoms with E-state index in [1.807, 2.05) is 26.0 Å². The van der Waals surface area contributed by atoms with Gasteiger partial charge >= 0.3 is 0 Å². The van der Waals surface area contributed by atoms with Crippen LogP contribution in [0.25, 0.3) is 6.08 Å². The maximum atomic E-state index is 5.71. The van der Waals surface area contributed by atoms with Crippen LogP contribution in [0.5, 0.6) is 0 Å². The molecule has 0 spiro atoms. The zero-order chi connectivity index (χ0) is 11.6. The molecule has 0 bridgehead atoms. The van der Waals surface area contributed by atoms with E-state index in [-0.39, 0.29) is 11.8 Å². The first-order chi connectivity index (χ1) is 7.55. The molecule has 2 heterocycles. The second kappa shape index (κ2) is 4.53. The van der Waals surface area contributed by atoms with E-state index in [1.165, 1.54) is 0 Å². The number of hydrogen-bond acceptors (Lipinski definition) is 3. The van der Waals surface area contributed by atoms with Crippen molar-refractivity contribution in [1.82, 2.24) is 10.3 Å². The highest BCUT2D eigenvalue weighted by molar-refractivity contribution is 6.29. The number of aromatic nitrogens is 1. The molecule has 3 nitrogen and oxygen atoms in total. The van der Waals surface area contributed by atoms with Crippen LogP contribution < -0.4 is 5.32 Å². The van der Waals surface area contributed by atoms with E-state index in [2.05, 4.69) is 16.4 Å². The summed E-state index contributed by atoms with van der Waals surface area (Å²) in [5, 5.41) is 3.87. The van der Waals surface area contributed by atoms with Gasteiger partial charge in [0.25, 0.3) is 0 Å². The molecule has 1 atom stereocenters. The standard InChI is InChI=1S/C12H15ClN2O/c1-12(2)15-10(8-16-12)5-3-9-4-6-11(13)14-7-9/h3-7,10,15H,8H2,1-2H3/b5-3+. The average molecular weight is 239 g/mol. The van der Waals surface area contributed by atoms with Gasteiger partial charge in [0.05, 0.1) is 12.6 Å². The smallest absolute Gasteiger partial charge is 0.129 e. The number of hydrogen-bond donors (Lipinski definition) is 1. The largest absolute Gasteiger partial charge is 0.359 e. The SMILES string of the molecule is CC1(C)NC(/C=C/c2ccc(Cl)nc2)CO1. The van der Waals surface area contributed by atoms with Gasteiger partial charge in [0, 0.05) is 6.20 Å². The lowest BCUT2D eigenvalue weighted by Gasteiger charge is -2.16. The number of pyridine rings is 1. The minimum Gasteiger partial charge on any atom is -0.359 e. The van der Waals surface area contributed by atoms with Crippen molar-refractivity contribution in [2.24, 2.45) is 0 Å². The van der Waals surface area contributed by atoms with Crippen molar-refractivity contribution < 1.29 is 4.74 Å². The Hall–Kier alpha value is -0.900. The number of ether oxygens (including phenoxy) is 1. The molecule has 1 N–H and O–H groups in total. The van der Waals surface area contributed by atoms with Crippen LogP contribution in [-0.4, -0.2) is 23.4 Å². The van der Waals surface area contributed by atoms with Crippen molar-refractivity contribution in [3.63, 3.8) is 0 Å². The van der Waals surface area contributed by atoms with Crippen molar-refractivity contribution in [2.75, 3.05) is 6.61 Å². The van der Waals surface area contributed by atoms with Gasteiger partial charge < -0.3 is 4.74 Å². The van der Waals surface area contributed by atoms with Gasteiger partial charge in [-0.2, -0.15) is 0 Å². The molecular formula is C12H15ClN2O. The quantitative estimate of drug-likeness (QED) is 0.804. The van der Waals surface area contributed by atoms with Crippen LogP contribution in [-0.2, 0) is 4.74 Å². The molecule has 0 aromatic carbocycles. The molecule has 0 saturated carbocycles. The first-order valence-corrected chi connectivity index (χ1v) is 5.64. The second-order valence-electron chi connectivity index (χ2n) is 4.35. The van der Waals surface area contributed by atoms with E-state index in [0.29, 0.717) is 11.8 Å². The van der Waals surface area contributed by atoms with Crippen molar-refractivity contribution in [2.45, 2.75) is 25.6 Å². The van der Waals surface area contributed by atoms with Crippen LogP contribution in [0.4, 0.5) is 0 Å². The van der Waals surface area contributed by atoms with Crippen LogP contribution >= 0.6 is 11.6 Å². The second-order valence-corrected chi connectivity index (χ2v) is 4.73. The fourth-order valence-electron chi connectivity index (χ4n) is 1.64. The first kappa shape index (κ1) is 11.6. The normalized spacial score (nSPS) is 24.1. The van der Waals surface area contributed by atoms with Crippen molar-refractivity contribution >= 4 is 17.7 Å². The number of nitrogens with one attached hydrogen (secondary N) is 1. The van der Waals surface area contributed by atoms with Gasteiger partial charge in [-0.3, -0.25) is 5.32 Å². The topological polar surface area (TPSA) is 34.2 Å². The van der Waals surface area contributed by atoms with E-state index >= 15 is 0 Å². The molecule has 86 valence electrons. The van der Waals surface area contributed by atoms with Gasteiger partial charge in [0.2, 0.25) is 0 Å². The Labute approximate surface area is 100 Å². The lowest BCUT2D eigenvalue weighted by atomic mass is 10.2. The van der Waals surface area contributed by atoms with Gasteiger partial charge in [0.1, 0.15) is 10.9 Å². The van der Waals surface area contributed by atoms with E-state index in [9.17, 15) is 0 Å². The lowest BCUT2D eigenvalue weighted by molar-refractivity contribution is 0.0232. The maximum Gasteiger partial charge on any atom is 0.129 e. The summed E-state index contributed by atoms with van der Waals surface area (Å²) in [4.78, 5) is 4.02. The summed E-state index contributed by atoms with van der Waals surface area (Å²) in [6.45, 7) is 4.74. The minimum absolute atomic E-state index is 0.229. The fraction of sp³-hybridized carbons (Fsp3) is 0.417. The summed E-state index contributed by atoms with van der Waals surface area (Å²) in [6, 6.07) is 3.97. The third-order valence-corrected chi connectivity index (χ3v) is 2.65. The molecule has 0 aliphatic carbocycles. The molecule has 1 unspecified atom stereocenters. The van der Waals surface area contributed by atoms with Crippen molar-refractivity contribution in [1.29, 1.82) is 0 Å². The van der Waals surface area contributed by atoms with E-state index in [4.69, 9.17) is 16.3 Å². The summed E-state index contributed by atoms with van der Waals surface area (Å²) in [7, 11) is 0. The summed E-state index contributed by atoms with van der Waals surface area (Å²) in [5.41, 5.74) is 0.809. The predicted molar refractivity (Wildman–Crippen MR) is 65.2 cm³/mol. The zero-order valence-electron chi connectivity index (χ0n) is 9.40.